The van der Waals surface area contributed by atoms with Crippen LogP contribution in [0.5, 0.6) is 5.75 Å². The molecule has 180 valence electrons. The van der Waals surface area contributed by atoms with Crippen molar-refractivity contribution in [3.05, 3.63) is 53.1 Å². The van der Waals surface area contributed by atoms with Gasteiger partial charge in [0.1, 0.15) is 11.9 Å². The summed E-state index contributed by atoms with van der Waals surface area (Å²) < 4.78 is 23.6. The molecule has 0 unspecified atom stereocenters. The van der Waals surface area contributed by atoms with E-state index in [4.69, 9.17) is 4.74 Å². The first kappa shape index (κ1) is 22.9. The Hall–Kier alpha value is -2.86. The first-order chi connectivity index (χ1) is 16.5. The van der Waals surface area contributed by atoms with Gasteiger partial charge in [0, 0.05) is 42.0 Å². The third-order valence-corrected chi connectivity index (χ3v) is 7.35. The van der Waals surface area contributed by atoms with Crippen molar-refractivity contribution in [2.24, 2.45) is 0 Å². The van der Waals surface area contributed by atoms with Crippen LogP contribution in [-0.4, -0.2) is 46.9 Å². The van der Waals surface area contributed by atoms with E-state index in [1.807, 2.05) is 12.1 Å². The van der Waals surface area contributed by atoms with E-state index in [0.717, 1.165) is 84.4 Å². The predicted molar refractivity (Wildman–Crippen MR) is 133 cm³/mol. The number of carboxylic acid groups (broad SMARTS) is 1. The molecule has 5 nitrogen and oxygen atoms in total. The minimum absolute atomic E-state index is 0.177. The van der Waals surface area contributed by atoms with E-state index in [9.17, 15) is 9.90 Å². The summed E-state index contributed by atoms with van der Waals surface area (Å²) in [4.78, 5) is 14.1. The molecule has 0 amide bonds. The van der Waals surface area contributed by atoms with Gasteiger partial charge < -0.3 is 19.3 Å². The number of alkyl halides is 1. The molecule has 0 saturated heterocycles. The molecule has 6 heteroatoms. The van der Waals surface area contributed by atoms with Gasteiger partial charge in [-0.05, 0) is 67.8 Å². The van der Waals surface area contributed by atoms with Gasteiger partial charge in [-0.15, -0.1) is 0 Å². The Morgan fingerprint density at radius 2 is 1.97 bits per heavy atom. The highest BCUT2D eigenvalue weighted by molar-refractivity contribution is 5.98. The monoisotopic (exact) mass is 464 g/mol. The number of carbonyl (C=O) groups is 1. The third kappa shape index (κ3) is 4.09. The van der Waals surface area contributed by atoms with E-state index >= 15 is 4.39 Å². The van der Waals surface area contributed by atoms with Crippen molar-refractivity contribution in [2.45, 2.75) is 64.2 Å². The molecule has 1 aliphatic carbocycles. The fourth-order valence-corrected chi connectivity index (χ4v) is 5.70. The number of benzene rings is 2. The Morgan fingerprint density at radius 3 is 2.74 bits per heavy atom. The lowest BCUT2D eigenvalue weighted by Crippen LogP contribution is -2.26. The normalized spacial score (nSPS) is 20.9. The number of fused-ring (bicyclic) bond motifs is 5. The summed E-state index contributed by atoms with van der Waals surface area (Å²) in [6, 6.07) is 11.6. The number of hydrogen-bond donors (Lipinski definition) is 1. The summed E-state index contributed by atoms with van der Waals surface area (Å²) in [6.07, 6.45) is 3.41. The highest BCUT2D eigenvalue weighted by Crippen LogP contribution is 2.47. The molecule has 2 heterocycles. The van der Waals surface area contributed by atoms with E-state index in [-0.39, 0.29) is 11.5 Å². The van der Waals surface area contributed by atoms with E-state index in [0.29, 0.717) is 13.0 Å². The number of halogens is 1. The van der Waals surface area contributed by atoms with Crippen molar-refractivity contribution in [2.75, 3.05) is 20.2 Å². The van der Waals surface area contributed by atoms with Crippen LogP contribution in [0, 0.1) is 0 Å². The van der Waals surface area contributed by atoms with Gasteiger partial charge in [0.25, 0.3) is 0 Å². The first-order valence-electron chi connectivity index (χ1n) is 12.5. The summed E-state index contributed by atoms with van der Waals surface area (Å²) in [5.41, 5.74) is 5.50. The lowest BCUT2D eigenvalue weighted by Gasteiger charge is -2.29. The zero-order valence-corrected chi connectivity index (χ0v) is 20.0. The molecule has 1 saturated carbocycles. The molecule has 2 atom stereocenters. The fourth-order valence-electron chi connectivity index (χ4n) is 5.70. The number of hydrogen-bond acceptors (Lipinski definition) is 3. The van der Waals surface area contributed by atoms with Crippen LogP contribution in [-0.2, 0) is 13.1 Å². The summed E-state index contributed by atoms with van der Waals surface area (Å²) >= 11 is 0. The van der Waals surface area contributed by atoms with Gasteiger partial charge in [-0.2, -0.15) is 0 Å². The van der Waals surface area contributed by atoms with Crippen molar-refractivity contribution in [1.29, 1.82) is 0 Å². The van der Waals surface area contributed by atoms with Crippen LogP contribution in [0.15, 0.2) is 36.4 Å². The Kier molecular flexibility index (Phi) is 6.34. The molecule has 1 aliphatic heterocycles. The van der Waals surface area contributed by atoms with Crippen LogP contribution in [0.2, 0.25) is 0 Å². The van der Waals surface area contributed by atoms with Gasteiger partial charge in [-0.25, -0.2) is 9.18 Å². The van der Waals surface area contributed by atoms with Crippen molar-refractivity contribution in [1.82, 2.24) is 9.47 Å². The zero-order chi connectivity index (χ0) is 23.8. The van der Waals surface area contributed by atoms with Crippen LogP contribution in [0.3, 0.4) is 0 Å². The second-order valence-electron chi connectivity index (χ2n) is 9.76. The summed E-state index contributed by atoms with van der Waals surface area (Å²) in [6.45, 7) is 5.09. The molecule has 1 aromatic heterocycles. The van der Waals surface area contributed by atoms with Crippen molar-refractivity contribution in [3.63, 3.8) is 0 Å². The maximum absolute atomic E-state index is 15.4. The largest absolute Gasteiger partial charge is 0.494 e. The topological polar surface area (TPSA) is 54.7 Å². The molecule has 0 spiro atoms. The number of aromatic carboxylic acids is 1. The van der Waals surface area contributed by atoms with Crippen LogP contribution in [0.4, 0.5) is 4.39 Å². The molecule has 2 aromatic carbocycles. The summed E-state index contributed by atoms with van der Waals surface area (Å²) in [5, 5.41) is 10.6. The maximum atomic E-state index is 15.4. The lowest BCUT2D eigenvalue weighted by molar-refractivity contribution is 0.0697. The third-order valence-electron chi connectivity index (χ3n) is 7.35. The molecule has 1 fully saturated rings. The number of nitrogens with zero attached hydrogens (tertiary/aromatic N) is 2. The van der Waals surface area contributed by atoms with Crippen LogP contribution >= 0.6 is 0 Å². The molecule has 5 rings (SSSR count). The van der Waals surface area contributed by atoms with Crippen molar-refractivity contribution >= 4 is 16.9 Å². The smallest absolute Gasteiger partial charge is 0.335 e. The number of ether oxygens (including phenoxy) is 1. The standard InChI is InChI=1S/C28H33FN2O3/c1-3-14-34-20-9-11-21-19(15-20)17-30(2)12-13-31-25-16-18(28(32)33)8-10-23(25)26(27(21)31)22-6-4-5-7-24(22)29/h8-11,15-16,22,24H,3-7,12-14,17H2,1-2H3,(H,32,33)/t22-,24-/m1/s1. The average molecular weight is 465 g/mol. The number of rotatable bonds is 5. The molecular weight excluding hydrogens is 431 g/mol. The van der Waals surface area contributed by atoms with Gasteiger partial charge in [0.15, 0.2) is 0 Å². The summed E-state index contributed by atoms with van der Waals surface area (Å²) in [7, 11) is 2.10. The lowest BCUT2D eigenvalue weighted by atomic mass is 9.80. The van der Waals surface area contributed by atoms with Gasteiger partial charge >= 0.3 is 5.97 Å². The number of likely N-dealkylation sites (N-methyl/N-ethyl adjacent to an activating group) is 1. The highest BCUT2D eigenvalue weighted by atomic mass is 19.1. The second-order valence-corrected chi connectivity index (χ2v) is 9.76. The van der Waals surface area contributed by atoms with Crippen LogP contribution in [0.25, 0.3) is 22.2 Å². The second kappa shape index (κ2) is 9.41. The minimum atomic E-state index is -0.943. The van der Waals surface area contributed by atoms with Gasteiger partial charge in [-0.1, -0.05) is 25.8 Å². The highest BCUT2D eigenvalue weighted by Gasteiger charge is 2.34. The van der Waals surface area contributed by atoms with E-state index in [1.54, 1.807) is 12.1 Å². The number of carboxylic acids is 1. The molecule has 2 aliphatic rings. The molecule has 0 radical (unpaired) electrons. The van der Waals surface area contributed by atoms with E-state index in [2.05, 4.69) is 35.6 Å². The van der Waals surface area contributed by atoms with Crippen LogP contribution in [0.1, 0.15) is 66.4 Å². The van der Waals surface area contributed by atoms with Gasteiger partial charge in [0.2, 0.25) is 0 Å². The van der Waals surface area contributed by atoms with Crippen molar-refractivity contribution in [3.8, 4) is 17.0 Å². The SMILES string of the molecule is CCCOc1ccc2c(c1)CN(C)CCn1c-2c([C@@H]2CCCC[C@H]2F)c2ccc(C(=O)O)cc21. The molecule has 0 bridgehead atoms. The quantitative estimate of drug-likeness (QED) is 0.486. The van der Waals surface area contributed by atoms with E-state index in [1.165, 1.54) is 0 Å². The maximum Gasteiger partial charge on any atom is 0.335 e. The van der Waals surface area contributed by atoms with E-state index < -0.39 is 12.1 Å². The fraction of sp³-hybridized carbons (Fsp3) is 0.464. The number of aromatic nitrogens is 1. The Bertz CT molecular complexity index is 1220. The molecule has 34 heavy (non-hydrogen) atoms. The Morgan fingerprint density at radius 1 is 1.15 bits per heavy atom. The average Bonchev–Trinajstić information content (AvgIpc) is 3.13. The first-order valence-corrected chi connectivity index (χ1v) is 12.5. The minimum Gasteiger partial charge on any atom is -0.494 e. The predicted octanol–water partition coefficient (Wildman–Crippen LogP) is 6.24. The van der Waals surface area contributed by atoms with Crippen molar-refractivity contribution < 1.29 is 19.0 Å². The molecule has 3 aromatic rings. The Balaban J connectivity index is 1.78. The Labute approximate surface area is 200 Å². The van der Waals surface area contributed by atoms with Crippen LogP contribution < -0.4 is 4.74 Å². The van der Waals surface area contributed by atoms with Gasteiger partial charge in [-0.3, -0.25) is 0 Å². The molecular formula is C28H33FN2O3. The summed E-state index contributed by atoms with van der Waals surface area (Å²) in [5.74, 6) is -0.265. The van der Waals surface area contributed by atoms with Gasteiger partial charge in [0.05, 0.1) is 17.9 Å². The molecule has 1 N–H and O–H groups in total. The zero-order valence-electron chi connectivity index (χ0n) is 20.0.